The van der Waals surface area contributed by atoms with Gasteiger partial charge in [-0.05, 0) is 61.8 Å². The molecule has 0 aliphatic rings. The van der Waals surface area contributed by atoms with Crippen LogP contribution < -0.4 is 5.32 Å². The van der Waals surface area contributed by atoms with Crippen LogP contribution >= 0.6 is 0 Å². The summed E-state index contributed by atoms with van der Waals surface area (Å²) in [6.45, 7) is 11.9. The van der Waals surface area contributed by atoms with E-state index in [1.54, 1.807) is 30.3 Å². The maximum atomic E-state index is 10.2. The second kappa shape index (κ2) is 11.8. The molecule has 4 heteroatoms. The van der Waals surface area contributed by atoms with Gasteiger partial charge in [-0.25, -0.2) is 4.79 Å². The van der Waals surface area contributed by atoms with E-state index in [0.29, 0.717) is 5.56 Å². The van der Waals surface area contributed by atoms with Crippen LogP contribution in [0.25, 0.3) is 0 Å². The predicted molar refractivity (Wildman–Crippen MR) is 126 cm³/mol. The van der Waals surface area contributed by atoms with Gasteiger partial charge >= 0.3 is 5.97 Å². The Morgan fingerprint density at radius 2 is 1.40 bits per heavy atom. The van der Waals surface area contributed by atoms with E-state index in [1.165, 1.54) is 28.1 Å². The lowest BCUT2D eigenvalue weighted by atomic mass is 10.1. The quantitative estimate of drug-likeness (QED) is 0.487. The molecule has 0 aromatic heterocycles. The Hall–Kier alpha value is -3.11. The largest absolute Gasteiger partial charge is 0.478 e. The summed E-state index contributed by atoms with van der Waals surface area (Å²) in [4.78, 5) is 12.6. The SMILES string of the molecule is CCN(CC)Cc1ccccc1Nc1c(C)cccc1C.O=C(O)c1ccccc1. The number of hydrogen-bond acceptors (Lipinski definition) is 3. The minimum absolute atomic E-state index is 0.331. The number of anilines is 2. The van der Waals surface area contributed by atoms with Crippen LogP contribution in [0.15, 0.2) is 72.8 Å². The monoisotopic (exact) mass is 404 g/mol. The number of nitrogens with zero attached hydrogens (tertiary/aromatic N) is 1. The number of carboxylic acid groups (broad SMARTS) is 1. The van der Waals surface area contributed by atoms with Gasteiger partial charge in [0.1, 0.15) is 0 Å². The molecular weight excluding hydrogens is 372 g/mol. The molecule has 158 valence electrons. The first-order valence-electron chi connectivity index (χ1n) is 10.4. The molecule has 0 aliphatic carbocycles. The lowest BCUT2D eigenvalue weighted by molar-refractivity contribution is 0.0697. The number of aryl methyl sites for hydroxylation is 2. The van der Waals surface area contributed by atoms with Crippen molar-refractivity contribution in [2.75, 3.05) is 18.4 Å². The molecule has 0 aliphatic heterocycles. The lowest BCUT2D eigenvalue weighted by Crippen LogP contribution is -2.22. The van der Waals surface area contributed by atoms with Gasteiger partial charge < -0.3 is 10.4 Å². The molecule has 0 atom stereocenters. The van der Waals surface area contributed by atoms with Crippen molar-refractivity contribution < 1.29 is 9.90 Å². The number of rotatable bonds is 7. The van der Waals surface area contributed by atoms with Gasteiger partial charge in [0.05, 0.1) is 5.56 Å². The van der Waals surface area contributed by atoms with Crippen molar-refractivity contribution >= 4 is 17.3 Å². The summed E-state index contributed by atoms with van der Waals surface area (Å²) in [6.07, 6.45) is 0. The molecule has 0 radical (unpaired) electrons. The van der Waals surface area contributed by atoms with Crippen molar-refractivity contribution in [1.29, 1.82) is 0 Å². The van der Waals surface area contributed by atoms with Gasteiger partial charge in [-0.2, -0.15) is 0 Å². The average molecular weight is 405 g/mol. The zero-order valence-corrected chi connectivity index (χ0v) is 18.4. The van der Waals surface area contributed by atoms with Crippen molar-refractivity contribution in [2.24, 2.45) is 0 Å². The smallest absolute Gasteiger partial charge is 0.335 e. The molecule has 0 saturated heterocycles. The Balaban J connectivity index is 0.000000297. The molecule has 0 bridgehead atoms. The number of nitrogens with one attached hydrogen (secondary N) is 1. The van der Waals surface area contributed by atoms with Crippen molar-refractivity contribution in [3.05, 3.63) is 95.1 Å². The lowest BCUT2D eigenvalue weighted by Gasteiger charge is -2.21. The van der Waals surface area contributed by atoms with E-state index in [9.17, 15) is 4.79 Å². The minimum Gasteiger partial charge on any atom is -0.478 e. The van der Waals surface area contributed by atoms with Gasteiger partial charge in [0.15, 0.2) is 0 Å². The summed E-state index contributed by atoms with van der Waals surface area (Å²) in [5, 5.41) is 12.0. The van der Waals surface area contributed by atoms with E-state index < -0.39 is 5.97 Å². The maximum Gasteiger partial charge on any atom is 0.335 e. The van der Waals surface area contributed by atoms with Crippen LogP contribution in [0.4, 0.5) is 11.4 Å². The fraction of sp³-hybridized carbons (Fsp3) is 0.269. The highest BCUT2D eigenvalue weighted by Gasteiger charge is 2.08. The Morgan fingerprint density at radius 1 is 0.833 bits per heavy atom. The topological polar surface area (TPSA) is 52.6 Å². The molecule has 2 N–H and O–H groups in total. The second-order valence-corrected chi connectivity index (χ2v) is 7.18. The summed E-state index contributed by atoms with van der Waals surface area (Å²) in [5.41, 5.74) is 6.69. The Kier molecular flexibility index (Phi) is 9.10. The van der Waals surface area contributed by atoms with Crippen LogP contribution in [0.1, 0.15) is 40.9 Å². The molecule has 3 rings (SSSR count). The van der Waals surface area contributed by atoms with Crippen LogP contribution in [-0.4, -0.2) is 29.1 Å². The van der Waals surface area contributed by atoms with Crippen molar-refractivity contribution in [2.45, 2.75) is 34.2 Å². The third-order valence-electron chi connectivity index (χ3n) is 5.07. The zero-order chi connectivity index (χ0) is 21.9. The first kappa shape index (κ1) is 23.2. The fourth-order valence-electron chi connectivity index (χ4n) is 3.20. The number of benzene rings is 3. The van der Waals surface area contributed by atoms with Crippen LogP contribution in [0.5, 0.6) is 0 Å². The zero-order valence-electron chi connectivity index (χ0n) is 18.4. The average Bonchev–Trinajstić information content (AvgIpc) is 2.76. The third-order valence-corrected chi connectivity index (χ3v) is 5.07. The number of carboxylic acids is 1. The Labute approximate surface area is 180 Å². The van der Waals surface area contributed by atoms with E-state index in [0.717, 1.165) is 19.6 Å². The highest BCUT2D eigenvalue weighted by atomic mass is 16.4. The number of aromatic carboxylic acids is 1. The van der Waals surface area contributed by atoms with Crippen molar-refractivity contribution in [1.82, 2.24) is 4.90 Å². The number of carbonyl (C=O) groups is 1. The molecule has 30 heavy (non-hydrogen) atoms. The fourth-order valence-corrected chi connectivity index (χ4v) is 3.20. The van der Waals surface area contributed by atoms with Crippen molar-refractivity contribution in [3.8, 4) is 0 Å². The molecule has 0 amide bonds. The summed E-state index contributed by atoms with van der Waals surface area (Å²) >= 11 is 0. The highest BCUT2D eigenvalue weighted by molar-refractivity contribution is 5.87. The molecular formula is C26H32N2O2. The summed E-state index contributed by atoms with van der Waals surface area (Å²) in [6, 6.07) is 23.3. The molecule has 0 saturated carbocycles. The molecule has 0 spiro atoms. The van der Waals surface area contributed by atoms with E-state index in [2.05, 4.69) is 80.4 Å². The standard InChI is InChI=1S/C19H26N2.C7H6O2/c1-5-21(6-2)14-17-12-7-8-13-18(17)20-19-15(3)10-9-11-16(19)4;8-7(9)6-4-2-1-3-5-6/h7-13,20H,5-6,14H2,1-4H3;1-5H,(H,8,9). The first-order valence-corrected chi connectivity index (χ1v) is 10.4. The summed E-state index contributed by atoms with van der Waals surface area (Å²) in [7, 11) is 0. The Morgan fingerprint density at radius 3 is 1.93 bits per heavy atom. The summed E-state index contributed by atoms with van der Waals surface area (Å²) in [5.74, 6) is -0.879. The summed E-state index contributed by atoms with van der Waals surface area (Å²) < 4.78 is 0. The van der Waals surface area contributed by atoms with Crippen LogP contribution in [-0.2, 0) is 6.54 Å². The molecule has 3 aromatic carbocycles. The van der Waals surface area contributed by atoms with Crippen molar-refractivity contribution in [3.63, 3.8) is 0 Å². The van der Waals surface area contributed by atoms with Crippen LogP contribution in [0.2, 0.25) is 0 Å². The van der Waals surface area contributed by atoms with Gasteiger partial charge in [0.25, 0.3) is 0 Å². The molecule has 0 unspecified atom stereocenters. The van der Waals surface area contributed by atoms with Gasteiger partial charge in [-0.1, -0.05) is 68.4 Å². The van der Waals surface area contributed by atoms with Gasteiger partial charge in [0, 0.05) is 17.9 Å². The maximum absolute atomic E-state index is 10.2. The molecule has 4 nitrogen and oxygen atoms in total. The first-order chi connectivity index (χ1) is 14.5. The number of para-hydroxylation sites is 2. The molecule has 3 aromatic rings. The van der Waals surface area contributed by atoms with E-state index in [-0.39, 0.29) is 0 Å². The van der Waals surface area contributed by atoms with E-state index >= 15 is 0 Å². The van der Waals surface area contributed by atoms with Gasteiger partial charge in [-0.3, -0.25) is 4.90 Å². The van der Waals surface area contributed by atoms with Crippen LogP contribution in [0, 0.1) is 13.8 Å². The van der Waals surface area contributed by atoms with E-state index in [4.69, 9.17) is 5.11 Å². The molecule has 0 heterocycles. The number of hydrogen-bond donors (Lipinski definition) is 2. The highest BCUT2D eigenvalue weighted by Crippen LogP contribution is 2.27. The van der Waals surface area contributed by atoms with Gasteiger partial charge in [-0.15, -0.1) is 0 Å². The molecule has 0 fully saturated rings. The predicted octanol–water partition coefficient (Wildman–Crippen LogP) is 6.27. The van der Waals surface area contributed by atoms with Crippen LogP contribution in [0.3, 0.4) is 0 Å². The Bertz CT molecular complexity index is 915. The van der Waals surface area contributed by atoms with Gasteiger partial charge in [0.2, 0.25) is 0 Å². The van der Waals surface area contributed by atoms with E-state index in [1.807, 2.05) is 0 Å². The normalized spacial score (nSPS) is 10.3. The third kappa shape index (κ3) is 6.75. The second-order valence-electron chi connectivity index (χ2n) is 7.18. The minimum atomic E-state index is -0.879.